The zero-order valence-corrected chi connectivity index (χ0v) is 20.2. The van der Waals surface area contributed by atoms with Crippen molar-refractivity contribution in [3.05, 3.63) is 65.2 Å². The number of hydrogen-bond donors (Lipinski definition) is 2. The molecule has 9 nitrogen and oxygen atoms in total. The quantitative estimate of drug-likeness (QED) is 0.340. The molecule has 2 fully saturated rings. The Morgan fingerprint density at radius 3 is 2.23 bits per heavy atom. The Labute approximate surface area is 204 Å². The van der Waals surface area contributed by atoms with Crippen LogP contribution in [0.4, 0.5) is 0 Å². The summed E-state index contributed by atoms with van der Waals surface area (Å²) < 4.78 is 32.4. The molecule has 2 aromatic carbocycles. The second-order valence-corrected chi connectivity index (χ2v) is 10.5. The predicted octanol–water partition coefficient (Wildman–Crippen LogP) is 2.63. The van der Waals surface area contributed by atoms with Gasteiger partial charge in [-0.05, 0) is 54.8 Å². The average Bonchev–Trinajstić information content (AvgIpc) is 3.13. The number of benzene rings is 2. The number of carbonyl (C=O) groups is 2. The first-order chi connectivity index (χ1) is 16.8. The molecule has 2 N–H and O–H groups in total. The van der Waals surface area contributed by atoms with E-state index >= 15 is 0 Å². The van der Waals surface area contributed by atoms with Gasteiger partial charge in [-0.25, -0.2) is 8.42 Å². The highest BCUT2D eigenvalue weighted by Gasteiger charge is 2.45. The number of phenolic OH excluding ortho intramolecular Hbond substituents is 1. The summed E-state index contributed by atoms with van der Waals surface area (Å²) in [6.45, 7) is 1.25. The Kier molecular flexibility index (Phi) is 7.25. The van der Waals surface area contributed by atoms with Crippen LogP contribution in [0.2, 0.25) is 0 Å². The summed E-state index contributed by atoms with van der Waals surface area (Å²) in [5, 5.41) is 20.8. The molecule has 35 heavy (non-hydrogen) atoms. The normalized spacial score (nSPS) is 20.9. The Morgan fingerprint density at radius 1 is 1.00 bits per heavy atom. The minimum Gasteiger partial charge on any atom is -0.508 e. The molecule has 1 atom stereocenters. The van der Waals surface area contributed by atoms with Gasteiger partial charge in [0.05, 0.1) is 23.1 Å². The number of Topliss-reactive ketones (excluding diaryl/α,β-unsaturated/α-hetero) is 1. The molecule has 186 valence electrons. The maximum Gasteiger partial charge on any atom is 0.295 e. The molecule has 1 unspecified atom stereocenters. The first kappa shape index (κ1) is 24.9. The van der Waals surface area contributed by atoms with Crippen LogP contribution < -0.4 is 0 Å². The van der Waals surface area contributed by atoms with Gasteiger partial charge in [-0.15, -0.1) is 0 Å². The summed E-state index contributed by atoms with van der Waals surface area (Å²) in [6, 6.07) is 10.8. The highest BCUT2D eigenvalue weighted by Crippen LogP contribution is 2.39. The van der Waals surface area contributed by atoms with E-state index in [2.05, 4.69) is 0 Å². The lowest BCUT2D eigenvalue weighted by molar-refractivity contribution is -0.140. The number of phenols is 1. The molecule has 2 heterocycles. The van der Waals surface area contributed by atoms with Crippen molar-refractivity contribution in [1.82, 2.24) is 9.21 Å². The molecule has 2 aliphatic heterocycles. The van der Waals surface area contributed by atoms with E-state index in [-0.39, 0.29) is 34.9 Å². The van der Waals surface area contributed by atoms with E-state index in [0.717, 1.165) is 19.3 Å². The van der Waals surface area contributed by atoms with E-state index in [4.69, 9.17) is 4.74 Å². The highest BCUT2D eigenvalue weighted by atomic mass is 32.2. The molecule has 2 aliphatic rings. The number of rotatable bonds is 7. The topological polar surface area (TPSA) is 124 Å². The van der Waals surface area contributed by atoms with Crippen molar-refractivity contribution in [1.29, 1.82) is 0 Å². The predicted molar refractivity (Wildman–Crippen MR) is 128 cm³/mol. The molecular weight excluding hydrogens is 472 g/mol. The number of amides is 1. The number of hydrogen-bond acceptors (Lipinski definition) is 7. The molecule has 0 radical (unpaired) electrons. The number of carbonyl (C=O) groups excluding carboxylic acids is 2. The summed E-state index contributed by atoms with van der Waals surface area (Å²) in [5.41, 5.74) is 0.642. The lowest BCUT2D eigenvalue weighted by Crippen LogP contribution is -2.35. The molecule has 0 aliphatic carbocycles. The molecule has 0 bridgehead atoms. The molecule has 10 heteroatoms. The van der Waals surface area contributed by atoms with E-state index in [1.54, 1.807) is 12.1 Å². The van der Waals surface area contributed by atoms with Crippen LogP contribution in [0.3, 0.4) is 0 Å². The number of aliphatic hydroxyl groups excluding tert-OH is 1. The lowest BCUT2D eigenvalue weighted by atomic mass is 9.95. The molecular formula is C25H28N2O7S. The van der Waals surface area contributed by atoms with Gasteiger partial charge in [-0.2, -0.15) is 4.31 Å². The Balaban J connectivity index is 1.73. The standard InChI is InChI=1S/C25H28N2O7S/c1-34-16-15-27-22(17-5-9-19(28)10-6-17)21(24(30)25(27)31)23(29)18-7-11-20(12-8-18)35(32,33)26-13-3-2-4-14-26/h5-12,22,28-29H,2-4,13-16H2,1H3/b23-21-. The zero-order valence-electron chi connectivity index (χ0n) is 19.4. The van der Waals surface area contributed by atoms with Crippen molar-refractivity contribution in [2.45, 2.75) is 30.2 Å². The third-order valence-electron chi connectivity index (χ3n) is 6.37. The summed E-state index contributed by atoms with van der Waals surface area (Å²) in [6.07, 6.45) is 2.64. The van der Waals surface area contributed by atoms with E-state index in [1.165, 1.54) is 52.7 Å². The molecule has 0 saturated carbocycles. The van der Waals surface area contributed by atoms with Crippen LogP contribution in [0.1, 0.15) is 36.4 Å². The monoisotopic (exact) mass is 500 g/mol. The number of nitrogens with zero attached hydrogens (tertiary/aromatic N) is 2. The summed E-state index contributed by atoms with van der Waals surface area (Å²) in [5.74, 6) is -2.00. The number of methoxy groups -OCH3 is 1. The third kappa shape index (κ3) is 4.82. The molecule has 0 aromatic heterocycles. The van der Waals surface area contributed by atoms with Gasteiger partial charge in [0, 0.05) is 32.3 Å². The maximum absolute atomic E-state index is 13.0. The minimum absolute atomic E-state index is 0.0214. The second-order valence-electron chi connectivity index (χ2n) is 8.57. The molecule has 0 spiro atoms. The van der Waals surface area contributed by atoms with Crippen molar-refractivity contribution in [3.8, 4) is 5.75 Å². The molecule has 2 saturated heterocycles. The van der Waals surface area contributed by atoms with E-state index in [0.29, 0.717) is 18.7 Å². The number of sulfonamides is 1. The van der Waals surface area contributed by atoms with Gasteiger partial charge in [0.25, 0.3) is 11.7 Å². The van der Waals surface area contributed by atoms with Crippen LogP contribution in [0.25, 0.3) is 5.76 Å². The number of ether oxygens (including phenoxy) is 1. The van der Waals surface area contributed by atoms with Crippen molar-refractivity contribution in [3.63, 3.8) is 0 Å². The van der Waals surface area contributed by atoms with Crippen LogP contribution in [-0.2, 0) is 24.3 Å². The van der Waals surface area contributed by atoms with Crippen molar-refractivity contribution < 1.29 is 33.0 Å². The summed E-state index contributed by atoms with van der Waals surface area (Å²) in [4.78, 5) is 27.2. The van der Waals surface area contributed by atoms with E-state index in [1.807, 2.05) is 0 Å². The van der Waals surface area contributed by atoms with Gasteiger partial charge < -0.3 is 19.8 Å². The molecule has 1 amide bonds. The summed E-state index contributed by atoms with van der Waals surface area (Å²) >= 11 is 0. The van der Waals surface area contributed by atoms with Crippen LogP contribution in [0, 0.1) is 0 Å². The van der Waals surface area contributed by atoms with Gasteiger partial charge >= 0.3 is 0 Å². The zero-order chi connectivity index (χ0) is 25.2. The fraction of sp³-hybridized carbons (Fsp3) is 0.360. The van der Waals surface area contributed by atoms with Crippen LogP contribution in [0.5, 0.6) is 5.75 Å². The first-order valence-corrected chi connectivity index (χ1v) is 12.9. The molecule has 2 aromatic rings. The summed E-state index contributed by atoms with van der Waals surface area (Å²) in [7, 11) is -2.17. The van der Waals surface area contributed by atoms with Gasteiger partial charge in [0.15, 0.2) is 0 Å². The van der Waals surface area contributed by atoms with E-state index < -0.39 is 33.5 Å². The number of piperidine rings is 1. The van der Waals surface area contributed by atoms with Gasteiger partial charge in [0.2, 0.25) is 10.0 Å². The van der Waals surface area contributed by atoms with Gasteiger partial charge in [-0.3, -0.25) is 9.59 Å². The smallest absolute Gasteiger partial charge is 0.295 e. The van der Waals surface area contributed by atoms with Crippen LogP contribution >= 0.6 is 0 Å². The van der Waals surface area contributed by atoms with Gasteiger partial charge in [-0.1, -0.05) is 18.6 Å². The Bertz CT molecular complexity index is 1230. The number of ketones is 1. The highest BCUT2D eigenvalue weighted by molar-refractivity contribution is 7.89. The molecule has 4 rings (SSSR count). The average molecular weight is 501 g/mol. The fourth-order valence-electron chi connectivity index (χ4n) is 4.50. The Morgan fingerprint density at radius 2 is 1.63 bits per heavy atom. The van der Waals surface area contributed by atoms with Crippen molar-refractivity contribution in [2.75, 3.05) is 33.4 Å². The third-order valence-corrected chi connectivity index (χ3v) is 8.28. The van der Waals surface area contributed by atoms with Crippen molar-refractivity contribution in [2.24, 2.45) is 0 Å². The largest absolute Gasteiger partial charge is 0.508 e. The number of aromatic hydroxyl groups is 1. The minimum atomic E-state index is -3.65. The van der Waals surface area contributed by atoms with E-state index in [9.17, 15) is 28.2 Å². The van der Waals surface area contributed by atoms with Crippen LogP contribution in [0.15, 0.2) is 59.0 Å². The Hall–Kier alpha value is -3.21. The first-order valence-electron chi connectivity index (χ1n) is 11.4. The van der Waals surface area contributed by atoms with Gasteiger partial charge in [0.1, 0.15) is 11.5 Å². The van der Waals surface area contributed by atoms with Crippen molar-refractivity contribution >= 4 is 27.5 Å². The SMILES string of the molecule is COCCN1C(=O)C(=O)/C(=C(\O)c2ccc(S(=O)(=O)N3CCCCC3)cc2)C1c1ccc(O)cc1. The second kappa shape index (κ2) is 10.2. The number of likely N-dealkylation sites (tertiary alicyclic amines) is 1. The van der Waals surface area contributed by atoms with Crippen LogP contribution in [-0.4, -0.2) is 72.9 Å². The lowest BCUT2D eigenvalue weighted by Gasteiger charge is -2.26. The number of aliphatic hydroxyl groups is 1. The maximum atomic E-state index is 13.0. The fourth-order valence-corrected chi connectivity index (χ4v) is 6.02.